The smallest absolute Gasteiger partial charge is 0.432 e. The monoisotopic (exact) mass is 1600 g/mol. The highest BCUT2D eigenvalue weighted by atomic mass is 28.4. The molecule has 5 N–H and O–H groups in total. The third kappa shape index (κ3) is 23.5. The first-order chi connectivity index (χ1) is 48.4. The number of carbonyl (C=O) groups excluding carboxylic acids is 5. The van der Waals surface area contributed by atoms with Gasteiger partial charge in [0, 0.05) is 40.2 Å². The lowest BCUT2D eigenvalue weighted by molar-refractivity contribution is -0.146. The molecule has 107 heavy (non-hydrogen) atoms. The lowest BCUT2D eigenvalue weighted by Crippen LogP contribution is -2.67. The van der Waals surface area contributed by atoms with Crippen LogP contribution in [0.4, 0.5) is 0 Å². The number of nitrogens with one attached hydrogen (secondary N) is 4. The Bertz CT molecular complexity index is 3170. The maximum absolute atomic E-state index is 17.0. The van der Waals surface area contributed by atoms with Gasteiger partial charge in [0.1, 0.15) is 36.1 Å². The van der Waals surface area contributed by atoms with Gasteiger partial charge in [-0.1, -0.05) is 144 Å². The number of hydrogen-bond acceptors (Lipinski definition) is 19. The number of likely N-dealkylation sites (tertiary alicyclic amines) is 2. The molecule has 24 nitrogen and oxygen atoms in total. The molecule has 0 saturated carbocycles. The van der Waals surface area contributed by atoms with Gasteiger partial charge >= 0.3 is 21.2 Å². The Morgan fingerprint density at radius 2 is 1.05 bits per heavy atom. The zero-order chi connectivity index (χ0) is 81.7. The fourth-order valence-electron chi connectivity index (χ4n) is 12.3. The molecular weight excluding hydrogens is 1460 g/mol. The number of ether oxygens (including phenoxy) is 2. The van der Waals surface area contributed by atoms with Crippen molar-refractivity contribution < 1.29 is 79.1 Å². The van der Waals surface area contributed by atoms with Gasteiger partial charge in [0.25, 0.3) is 0 Å². The van der Waals surface area contributed by atoms with Crippen molar-refractivity contribution in [1.82, 2.24) is 35.7 Å². The van der Waals surface area contributed by atoms with Crippen LogP contribution in [-0.4, -0.2) is 246 Å². The standard InChI is InChI=1S/C74H144B3N7O17Si6/c1-48-43-83(61(62(48)101-107(34,35)74(19,20)21)68(90)84(76-46-94-76)77-47-95-77)67(89)59(50(3)97-103(26,27)70(7,8)9)79-65(87)60(56(100-106(32,33)73(16,17)18)40-51-36-38-52(39-37-51)98-104(28,29)71(10,11)12)80-64(86)55-41-53(99-105(30,31)72(13,14)15)44-82(55)66(88)58(49(2)96-102(24,25)69(4,5)6)78-63(85)54(81-75-45-93-75)42-57(91-22)92-23/h36-39,48-50,53-62,67,81,89H,40-47H2,1-35H3,(H,78,85)(H,79,87)(H,80,86)/t48-,49?,50?,53+,54?,55-,56+,58-,59-,60-,61-,62-,67?/m0/s1. The molecule has 4 unspecified atom stereocenters. The first-order valence-electron chi connectivity index (χ1n) is 39.2. The highest BCUT2D eigenvalue weighted by molar-refractivity contribution is 6.78. The maximum Gasteiger partial charge on any atom is 0.432 e. The van der Waals surface area contributed by atoms with Crippen molar-refractivity contribution in [1.29, 1.82) is 0 Å². The molecule has 33 heteroatoms. The van der Waals surface area contributed by atoms with Crippen LogP contribution < -0.4 is 25.6 Å². The van der Waals surface area contributed by atoms with Crippen LogP contribution >= 0.6 is 0 Å². The van der Waals surface area contributed by atoms with Gasteiger partial charge in [0.2, 0.25) is 37.9 Å². The van der Waals surface area contributed by atoms with Crippen LogP contribution in [0, 0.1) is 5.92 Å². The number of rotatable bonds is 35. The summed E-state index contributed by atoms with van der Waals surface area (Å²) in [6.07, 6.45) is -6.50. The molecule has 5 fully saturated rings. The summed E-state index contributed by atoms with van der Waals surface area (Å²) >= 11 is 0. The van der Waals surface area contributed by atoms with Crippen LogP contribution in [-0.2, 0) is 76.0 Å². The van der Waals surface area contributed by atoms with E-state index in [1.54, 1.807) is 16.5 Å². The van der Waals surface area contributed by atoms with Gasteiger partial charge in [-0.2, -0.15) is 0 Å². The summed E-state index contributed by atoms with van der Waals surface area (Å²) in [5.41, 5.74) is 0.789. The van der Waals surface area contributed by atoms with E-state index in [0.29, 0.717) is 25.3 Å². The fourth-order valence-corrected chi connectivity index (χ4v) is 20.2. The summed E-state index contributed by atoms with van der Waals surface area (Å²) < 4.78 is 73.5. The van der Waals surface area contributed by atoms with Gasteiger partial charge in [-0.05, 0) is 153 Å². The van der Waals surface area contributed by atoms with E-state index in [1.165, 1.54) is 19.1 Å². The number of aliphatic hydroxyl groups excluding tert-OH is 1. The highest BCUT2D eigenvalue weighted by Gasteiger charge is 2.61. The number of carbonyl (C=O) groups is 5. The second-order valence-electron chi connectivity index (χ2n) is 40.4. The first-order valence-corrected chi connectivity index (χ1v) is 56.7. The van der Waals surface area contributed by atoms with Crippen molar-refractivity contribution in [2.45, 2.75) is 353 Å². The van der Waals surface area contributed by atoms with Crippen molar-refractivity contribution in [3.05, 3.63) is 29.8 Å². The molecule has 0 spiro atoms. The molecule has 5 aliphatic heterocycles. The molecule has 610 valence electrons. The molecular formula is C74H144B3N7O17Si6. The minimum absolute atomic E-state index is 0.0286. The van der Waals surface area contributed by atoms with Gasteiger partial charge in [-0.25, -0.2) is 0 Å². The summed E-state index contributed by atoms with van der Waals surface area (Å²) in [7, 11) is -14.5. The predicted octanol–water partition coefficient (Wildman–Crippen LogP) is 11.3. The predicted molar refractivity (Wildman–Crippen MR) is 443 cm³/mol. The number of aliphatic hydroxyl groups is 1. The van der Waals surface area contributed by atoms with Gasteiger partial charge in [0.05, 0.1) is 62.1 Å². The van der Waals surface area contributed by atoms with Crippen LogP contribution in [0.3, 0.4) is 0 Å². The SMILES string of the molecule is COC(CC(NB1CO1)C(=O)N[C@H](C(=O)N1C[C@H](O[Si](C)(C)C(C)(C)C)C[C@H]1C(=O)N[C@H](C(=O)N[C@@H](C(C)O[Si](C)(C)C(C)(C)C)C(O)N1C[C@H](C)[C@H](O[Si](C)(C)C(C)(C)C)[C@H]1C(=O)N(B1CO1)B1CO1)[C@@H](Cc1ccc(O[Si](C)(C)C(C)(C)C)cc1)O[Si](C)(C)C(C)(C)C)C(C)O[Si](C)(C)C(C)(C)C)OC. The van der Waals surface area contributed by atoms with Crippen LogP contribution in [0.25, 0.3) is 0 Å². The van der Waals surface area contributed by atoms with Crippen molar-refractivity contribution >= 4 is 101 Å². The molecule has 6 rings (SSSR count). The number of methoxy groups -OCH3 is 2. The second kappa shape index (κ2) is 34.4. The molecule has 1 aromatic rings. The summed E-state index contributed by atoms with van der Waals surface area (Å²) in [5.74, 6) is -2.39. The van der Waals surface area contributed by atoms with E-state index in [-0.39, 0.29) is 69.4 Å². The second-order valence-corrected chi connectivity index (χ2v) is 68.9. The lowest BCUT2D eigenvalue weighted by Gasteiger charge is -2.45. The van der Waals surface area contributed by atoms with E-state index < -0.39 is 179 Å². The molecule has 0 aliphatic carbocycles. The molecule has 5 amide bonds. The van der Waals surface area contributed by atoms with E-state index >= 15 is 24.0 Å². The average Bonchev–Trinajstić information content (AvgIpc) is 1.50. The Balaban J connectivity index is 1.60. The quantitative estimate of drug-likeness (QED) is 0.0240. The Morgan fingerprint density at radius 3 is 1.50 bits per heavy atom. The van der Waals surface area contributed by atoms with Gasteiger partial charge in [-0.3, -0.25) is 28.9 Å². The third-order valence-electron chi connectivity index (χ3n) is 25.7. The molecule has 5 heterocycles. The van der Waals surface area contributed by atoms with Crippen LogP contribution in [0.5, 0.6) is 5.75 Å². The number of amides is 5. The Kier molecular flexibility index (Phi) is 30.0. The third-order valence-corrected chi connectivity index (χ3v) is 52.7. The van der Waals surface area contributed by atoms with E-state index in [9.17, 15) is 5.11 Å². The summed E-state index contributed by atoms with van der Waals surface area (Å²) in [4.78, 5) is 84.2. The Labute approximate surface area is 652 Å². The minimum Gasteiger partial charge on any atom is -0.544 e. The number of benzene rings is 1. The summed E-state index contributed by atoms with van der Waals surface area (Å²) in [6.45, 7) is 70.9. The maximum atomic E-state index is 17.0. The van der Waals surface area contributed by atoms with E-state index in [0.717, 1.165) is 5.56 Å². The normalized spacial score (nSPS) is 22.8. The van der Waals surface area contributed by atoms with E-state index in [4.69, 9.17) is 50.0 Å². The lowest BCUT2D eigenvalue weighted by atomic mass is 9.75. The molecule has 13 atom stereocenters. The molecule has 0 aromatic heterocycles. The van der Waals surface area contributed by atoms with Crippen LogP contribution in [0.1, 0.15) is 164 Å². The highest BCUT2D eigenvalue weighted by Crippen LogP contribution is 2.46. The van der Waals surface area contributed by atoms with Crippen molar-refractivity contribution in [2.75, 3.05) is 46.8 Å². The van der Waals surface area contributed by atoms with Crippen molar-refractivity contribution in [2.24, 2.45) is 5.92 Å². The molecule has 5 saturated heterocycles. The summed E-state index contributed by atoms with van der Waals surface area (Å²) in [5, 5.41) is 25.2. The minimum atomic E-state index is -2.98. The van der Waals surface area contributed by atoms with Gasteiger partial charge in [-0.15, -0.1) is 0 Å². The topological polar surface area (TPSA) is 275 Å². The summed E-state index contributed by atoms with van der Waals surface area (Å²) in [6, 6.07) is 0.359. The largest absolute Gasteiger partial charge is 0.544 e. The zero-order valence-corrected chi connectivity index (χ0v) is 78.6. The zero-order valence-electron chi connectivity index (χ0n) is 72.6. The fraction of sp³-hybridized carbons (Fsp3) is 0.851. The van der Waals surface area contributed by atoms with Crippen molar-refractivity contribution in [3.8, 4) is 5.75 Å². The first kappa shape index (κ1) is 93.2. The Morgan fingerprint density at radius 1 is 0.589 bits per heavy atom. The molecule has 5 aliphatic rings. The molecule has 0 radical (unpaired) electrons. The average molecular weight is 1600 g/mol. The van der Waals surface area contributed by atoms with Crippen molar-refractivity contribution in [3.63, 3.8) is 0 Å². The van der Waals surface area contributed by atoms with Gasteiger partial charge in [0.15, 0.2) is 47.9 Å². The van der Waals surface area contributed by atoms with Crippen LogP contribution in [0.2, 0.25) is 109 Å². The molecule has 0 bridgehead atoms. The molecule has 1 aromatic carbocycles. The van der Waals surface area contributed by atoms with E-state index in [2.05, 4.69) is 224 Å². The van der Waals surface area contributed by atoms with Gasteiger partial charge < -0.3 is 85.9 Å². The van der Waals surface area contributed by atoms with Crippen LogP contribution in [0.15, 0.2) is 24.3 Å². The number of hydrogen-bond donors (Lipinski definition) is 5. The Hall–Kier alpha value is -2.65. The van der Waals surface area contributed by atoms with E-state index in [1.807, 2.05) is 38.1 Å². The number of nitrogens with zero attached hydrogens (tertiary/aromatic N) is 3.